The summed E-state index contributed by atoms with van der Waals surface area (Å²) in [5, 5.41) is 2.78. The third-order valence-electron chi connectivity index (χ3n) is 2.68. The van der Waals surface area contributed by atoms with Crippen molar-refractivity contribution >= 4 is 28.9 Å². The molecule has 0 aliphatic rings. The number of amides is 1. The van der Waals surface area contributed by atoms with Crippen LogP contribution in [0.2, 0.25) is 5.02 Å². The molecule has 104 valence electrons. The minimum atomic E-state index is -0.507. The van der Waals surface area contributed by atoms with Crippen molar-refractivity contribution in [2.75, 3.05) is 18.2 Å². The molecule has 20 heavy (non-hydrogen) atoms. The van der Waals surface area contributed by atoms with Gasteiger partial charge in [-0.1, -0.05) is 17.7 Å². The van der Waals surface area contributed by atoms with Crippen molar-refractivity contribution in [3.63, 3.8) is 0 Å². The first-order chi connectivity index (χ1) is 9.52. The Balaban J connectivity index is 2.26. The molecule has 0 unspecified atom stereocenters. The molecule has 0 spiro atoms. The summed E-state index contributed by atoms with van der Waals surface area (Å²) >= 11 is 5.97. The molecule has 0 saturated heterocycles. The van der Waals surface area contributed by atoms with Gasteiger partial charge in [0.2, 0.25) is 0 Å². The predicted octanol–water partition coefficient (Wildman–Crippen LogP) is 3.32. The standard InChI is InChI=1S/C14H12ClFN2O2/c1-20-12-7-8(5-6-10(12)16)18-14(19)9-3-2-4-11(17)13(9)15/h2-7H,17H2,1H3,(H,18,19). The monoisotopic (exact) mass is 294 g/mol. The Bertz CT molecular complexity index is 662. The van der Waals surface area contributed by atoms with Crippen molar-refractivity contribution in [2.45, 2.75) is 0 Å². The number of benzene rings is 2. The van der Waals surface area contributed by atoms with Crippen LogP contribution in [0.25, 0.3) is 0 Å². The largest absolute Gasteiger partial charge is 0.494 e. The summed E-state index contributed by atoms with van der Waals surface area (Å²) in [5.41, 5.74) is 6.59. The molecule has 0 atom stereocenters. The van der Waals surface area contributed by atoms with E-state index in [0.717, 1.165) is 0 Å². The van der Waals surface area contributed by atoms with Crippen molar-refractivity contribution in [1.29, 1.82) is 0 Å². The summed E-state index contributed by atoms with van der Waals surface area (Å²) in [7, 11) is 1.35. The van der Waals surface area contributed by atoms with Gasteiger partial charge in [0.15, 0.2) is 11.6 Å². The second kappa shape index (κ2) is 5.79. The molecule has 0 saturated carbocycles. The second-order valence-electron chi connectivity index (χ2n) is 4.01. The average molecular weight is 295 g/mol. The van der Waals surface area contributed by atoms with Crippen LogP contribution in [0.1, 0.15) is 10.4 Å². The van der Waals surface area contributed by atoms with Gasteiger partial charge < -0.3 is 15.8 Å². The maximum absolute atomic E-state index is 13.3. The summed E-state index contributed by atoms with van der Waals surface area (Å²) in [5.74, 6) is -0.898. The molecule has 3 N–H and O–H groups in total. The first-order valence-electron chi connectivity index (χ1n) is 5.72. The van der Waals surface area contributed by atoms with Gasteiger partial charge in [-0.05, 0) is 24.3 Å². The van der Waals surface area contributed by atoms with Gasteiger partial charge in [-0.25, -0.2) is 4.39 Å². The minimum absolute atomic E-state index is 0.0430. The van der Waals surface area contributed by atoms with Gasteiger partial charge in [-0.3, -0.25) is 4.79 Å². The van der Waals surface area contributed by atoms with E-state index in [1.165, 1.54) is 25.3 Å². The highest BCUT2D eigenvalue weighted by atomic mass is 35.5. The zero-order chi connectivity index (χ0) is 14.7. The molecular formula is C14H12ClFN2O2. The van der Waals surface area contributed by atoms with Crippen molar-refractivity contribution in [1.82, 2.24) is 0 Å². The predicted molar refractivity (Wildman–Crippen MR) is 76.8 cm³/mol. The van der Waals surface area contributed by atoms with Crippen LogP contribution in [0.15, 0.2) is 36.4 Å². The average Bonchev–Trinajstić information content (AvgIpc) is 2.43. The lowest BCUT2D eigenvalue weighted by Crippen LogP contribution is -2.13. The molecule has 0 aliphatic carbocycles. The molecule has 0 aromatic heterocycles. The molecule has 2 rings (SSSR count). The zero-order valence-corrected chi connectivity index (χ0v) is 11.4. The lowest BCUT2D eigenvalue weighted by Gasteiger charge is -2.09. The summed E-state index contributed by atoms with van der Waals surface area (Å²) in [6, 6.07) is 8.79. The Kier molecular flexibility index (Phi) is 4.10. The van der Waals surface area contributed by atoms with Gasteiger partial charge in [0.05, 0.1) is 23.4 Å². The first kappa shape index (κ1) is 14.1. The molecule has 4 nitrogen and oxygen atoms in total. The molecule has 0 aliphatic heterocycles. The van der Waals surface area contributed by atoms with E-state index in [4.69, 9.17) is 22.1 Å². The quantitative estimate of drug-likeness (QED) is 0.854. The fraction of sp³-hybridized carbons (Fsp3) is 0.0714. The van der Waals surface area contributed by atoms with E-state index in [0.29, 0.717) is 11.4 Å². The summed E-state index contributed by atoms with van der Waals surface area (Å²) < 4.78 is 18.1. The third kappa shape index (κ3) is 2.83. The lowest BCUT2D eigenvalue weighted by molar-refractivity contribution is 0.102. The van der Waals surface area contributed by atoms with Crippen LogP contribution in [0.4, 0.5) is 15.8 Å². The molecule has 0 fully saturated rings. The van der Waals surface area contributed by atoms with E-state index in [1.807, 2.05) is 0 Å². The summed E-state index contributed by atoms with van der Waals surface area (Å²) in [6.07, 6.45) is 0. The van der Waals surface area contributed by atoms with Crippen LogP contribution in [0.3, 0.4) is 0 Å². The molecule has 0 radical (unpaired) electrons. The maximum Gasteiger partial charge on any atom is 0.257 e. The SMILES string of the molecule is COc1cc(NC(=O)c2cccc(N)c2Cl)ccc1F. The summed E-state index contributed by atoms with van der Waals surface area (Å²) in [4.78, 5) is 12.1. The molecule has 2 aromatic carbocycles. The molecule has 0 bridgehead atoms. The lowest BCUT2D eigenvalue weighted by atomic mass is 10.2. The second-order valence-corrected chi connectivity index (χ2v) is 4.39. The van der Waals surface area contributed by atoms with Crippen molar-refractivity contribution in [3.05, 3.63) is 52.8 Å². The topological polar surface area (TPSA) is 64.3 Å². The first-order valence-corrected chi connectivity index (χ1v) is 6.09. The highest BCUT2D eigenvalue weighted by Gasteiger charge is 2.13. The van der Waals surface area contributed by atoms with Crippen LogP contribution in [0, 0.1) is 5.82 Å². The number of nitrogens with two attached hydrogens (primary N) is 1. The van der Waals surface area contributed by atoms with E-state index in [2.05, 4.69) is 5.32 Å². The number of halogens is 2. The fourth-order valence-electron chi connectivity index (χ4n) is 1.66. The van der Waals surface area contributed by atoms with Crippen LogP contribution in [-0.2, 0) is 0 Å². The molecular weight excluding hydrogens is 283 g/mol. The third-order valence-corrected chi connectivity index (χ3v) is 3.10. The normalized spacial score (nSPS) is 10.2. The Morgan fingerprint density at radius 1 is 1.35 bits per heavy atom. The number of carbonyl (C=O) groups is 1. The van der Waals surface area contributed by atoms with Crippen LogP contribution >= 0.6 is 11.6 Å². The molecule has 1 amide bonds. The number of anilines is 2. The van der Waals surface area contributed by atoms with Crippen molar-refractivity contribution < 1.29 is 13.9 Å². The zero-order valence-electron chi connectivity index (χ0n) is 10.6. The highest BCUT2D eigenvalue weighted by molar-refractivity contribution is 6.36. The maximum atomic E-state index is 13.3. The highest BCUT2D eigenvalue weighted by Crippen LogP contribution is 2.25. The van der Waals surface area contributed by atoms with Gasteiger partial charge in [-0.15, -0.1) is 0 Å². The Labute approximate surface area is 120 Å². The fourth-order valence-corrected chi connectivity index (χ4v) is 1.87. The summed E-state index contributed by atoms with van der Waals surface area (Å²) in [6.45, 7) is 0. The van der Waals surface area contributed by atoms with Crippen molar-refractivity contribution in [3.8, 4) is 5.75 Å². The minimum Gasteiger partial charge on any atom is -0.494 e. The van der Waals surface area contributed by atoms with Crippen molar-refractivity contribution in [2.24, 2.45) is 0 Å². The number of nitrogens with one attached hydrogen (secondary N) is 1. The smallest absolute Gasteiger partial charge is 0.257 e. The van der Waals surface area contributed by atoms with Gasteiger partial charge in [0.25, 0.3) is 5.91 Å². The van der Waals surface area contributed by atoms with E-state index < -0.39 is 11.7 Å². The number of methoxy groups -OCH3 is 1. The molecule has 0 heterocycles. The molecule has 6 heteroatoms. The Morgan fingerprint density at radius 3 is 2.80 bits per heavy atom. The number of rotatable bonds is 3. The number of hydrogen-bond acceptors (Lipinski definition) is 3. The number of hydrogen-bond donors (Lipinski definition) is 2. The Hall–Kier alpha value is -2.27. The number of ether oxygens (including phenoxy) is 1. The van der Waals surface area contributed by atoms with Crippen LogP contribution < -0.4 is 15.8 Å². The number of nitrogen functional groups attached to an aromatic ring is 1. The number of carbonyl (C=O) groups excluding carboxylic acids is 1. The van der Waals surface area contributed by atoms with E-state index in [1.54, 1.807) is 18.2 Å². The van der Waals surface area contributed by atoms with E-state index in [9.17, 15) is 9.18 Å². The van der Waals surface area contributed by atoms with E-state index >= 15 is 0 Å². The van der Waals surface area contributed by atoms with Crippen LogP contribution in [-0.4, -0.2) is 13.0 Å². The van der Waals surface area contributed by atoms with Gasteiger partial charge in [0, 0.05) is 11.8 Å². The van der Waals surface area contributed by atoms with Gasteiger partial charge in [0.1, 0.15) is 0 Å². The van der Waals surface area contributed by atoms with Gasteiger partial charge >= 0.3 is 0 Å². The van der Waals surface area contributed by atoms with Crippen LogP contribution in [0.5, 0.6) is 5.75 Å². The molecule has 2 aromatic rings. The van der Waals surface area contributed by atoms with E-state index in [-0.39, 0.29) is 16.3 Å². The Morgan fingerprint density at radius 2 is 2.10 bits per heavy atom. The van der Waals surface area contributed by atoms with Gasteiger partial charge in [-0.2, -0.15) is 0 Å².